The van der Waals surface area contributed by atoms with Crippen LogP contribution in [0.3, 0.4) is 0 Å². The zero-order valence-corrected chi connectivity index (χ0v) is 15.2. The van der Waals surface area contributed by atoms with Crippen LogP contribution in [0.25, 0.3) is 22.4 Å². The molecule has 28 heavy (non-hydrogen) atoms. The summed E-state index contributed by atoms with van der Waals surface area (Å²) in [6.45, 7) is 1.69. The van der Waals surface area contributed by atoms with Crippen molar-refractivity contribution in [2.45, 2.75) is 6.92 Å². The van der Waals surface area contributed by atoms with E-state index in [1.807, 2.05) is 31.2 Å². The van der Waals surface area contributed by atoms with Gasteiger partial charge in [0.1, 0.15) is 5.82 Å². The third-order valence-electron chi connectivity index (χ3n) is 4.36. The van der Waals surface area contributed by atoms with Gasteiger partial charge >= 0.3 is 5.97 Å². The molecule has 2 aromatic heterocycles. The molecule has 0 atom stereocenters. The van der Waals surface area contributed by atoms with Crippen molar-refractivity contribution in [3.8, 4) is 11.4 Å². The molecule has 0 saturated heterocycles. The van der Waals surface area contributed by atoms with Crippen LogP contribution in [0.4, 0.5) is 0 Å². The number of nitrogens with zero attached hydrogens (tertiary/aromatic N) is 2. The summed E-state index contributed by atoms with van der Waals surface area (Å²) in [6.07, 6.45) is 3.02. The van der Waals surface area contributed by atoms with Crippen LogP contribution in [-0.2, 0) is 4.74 Å². The maximum atomic E-state index is 12.3. The van der Waals surface area contributed by atoms with Crippen LogP contribution in [0.5, 0.6) is 0 Å². The summed E-state index contributed by atoms with van der Waals surface area (Å²) < 4.78 is 5.15. The van der Waals surface area contributed by atoms with E-state index < -0.39 is 5.97 Å². The highest BCUT2D eigenvalue weighted by Crippen LogP contribution is 2.22. The number of pyridine rings is 1. The van der Waals surface area contributed by atoms with Crippen molar-refractivity contribution in [1.29, 1.82) is 0 Å². The standard InChI is InChI=1S/C22H17N3O3/c1-14-4-6-15(7-5-14)21-24-18-9-8-16(11-19(18)25-21)22(27)28-13-20(26)17-3-2-10-23-12-17/h2-12H,13H2,1H3,(H,24,25). The largest absolute Gasteiger partial charge is 0.454 e. The number of nitrogens with one attached hydrogen (secondary N) is 1. The number of ether oxygens (including phenoxy) is 1. The highest BCUT2D eigenvalue weighted by atomic mass is 16.5. The Morgan fingerprint density at radius 3 is 2.61 bits per heavy atom. The van der Waals surface area contributed by atoms with Crippen molar-refractivity contribution in [1.82, 2.24) is 15.0 Å². The van der Waals surface area contributed by atoms with Gasteiger partial charge in [0.2, 0.25) is 5.78 Å². The summed E-state index contributed by atoms with van der Waals surface area (Å²) >= 11 is 0. The molecule has 0 fully saturated rings. The molecule has 2 aromatic carbocycles. The molecule has 0 saturated carbocycles. The quantitative estimate of drug-likeness (QED) is 0.424. The Morgan fingerprint density at radius 1 is 1.04 bits per heavy atom. The van der Waals surface area contributed by atoms with Gasteiger partial charge in [0.15, 0.2) is 6.61 Å². The van der Waals surface area contributed by atoms with Crippen LogP contribution in [-0.4, -0.2) is 33.3 Å². The van der Waals surface area contributed by atoms with Crippen molar-refractivity contribution in [3.05, 3.63) is 83.7 Å². The minimum Gasteiger partial charge on any atom is -0.454 e. The maximum Gasteiger partial charge on any atom is 0.338 e. The number of aromatic amines is 1. The van der Waals surface area contributed by atoms with Crippen molar-refractivity contribution in [2.75, 3.05) is 6.61 Å². The molecule has 0 aliphatic carbocycles. The molecular weight excluding hydrogens is 354 g/mol. The first kappa shape index (κ1) is 17.6. The number of imidazole rings is 1. The van der Waals surface area contributed by atoms with Gasteiger partial charge in [-0.2, -0.15) is 0 Å². The average molecular weight is 371 g/mol. The molecule has 0 unspecified atom stereocenters. The van der Waals surface area contributed by atoms with Crippen LogP contribution >= 0.6 is 0 Å². The minimum atomic E-state index is -0.564. The minimum absolute atomic E-state index is 0.300. The van der Waals surface area contributed by atoms with Gasteiger partial charge in [-0.3, -0.25) is 9.78 Å². The molecule has 0 radical (unpaired) electrons. The van der Waals surface area contributed by atoms with Gasteiger partial charge in [-0.1, -0.05) is 29.8 Å². The second kappa shape index (κ2) is 7.44. The van der Waals surface area contributed by atoms with E-state index in [2.05, 4.69) is 15.0 Å². The summed E-state index contributed by atoms with van der Waals surface area (Å²) in [7, 11) is 0. The lowest BCUT2D eigenvalue weighted by molar-refractivity contribution is 0.0475. The van der Waals surface area contributed by atoms with Crippen LogP contribution in [0.1, 0.15) is 26.3 Å². The summed E-state index contributed by atoms with van der Waals surface area (Å²) in [4.78, 5) is 36.0. The van der Waals surface area contributed by atoms with E-state index in [-0.39, 0.29) is 12.4 Å². The lowest BCUT2D eigenvalue weighted by atomic mass is 10.1. The van der Waals surface area contributed by atoms with Crippen molar-refractivity contribution >= 4 is 22.8 Å². The first-order chi connectivity index (χ1) is 13.6. The second-order valence-corrected chi connectivity index (χ2v) is 6.42. The number of fused-ring (bicyclic) bond motifs is 1. The van der Waals surface area contributed by atoms with Gasteiger partial charge in [-0.15, -0.1) is 0 Å². The second-order valence-electron chi connectivity index (χ2n) is 6.42. The number of hydrogen-bond acceptors (Lipinski definition) is 5. The zero-order chi connectivity index (χ0) is 19.5. The predicted octanol–water partition coefficient (Wildman–Crippen LogP) is 3.97. The molecule has 4 rings (SSSR count). The molecule has 0 aliphatic heterocycles. The highest BCUT2D eigenvalue weighted by molar-refractivity contribution is 6.00. The fraction of sp³-hybridized carbons (Fsp3) is 0.0909. The lowest BCUT2D eigenvalue weighted by Gasteiger charge is -2.04. The van der Waals surface area contributed by atoms with E-state index in [0.717, 1.165) is 22.4 Å². The van der Waals surface area contributed by atoms with E-state index >= 15 is 0 Å². The molecule has 0 amide bonds. The smallest absolute Gasteiger partial charge is 0.338 e. The number of benzene rings is 2. The van der Waals surface area contributed by atoms with Gasteiger partial charge < -0.3 is 9.72 Å². The molecular formula is C22H17N3O3. The highest BCUT2D eigenvalue weighted by Gasteiger charge is 2.14. The first-order valence-electron chi connectivity index (χ1n) is 8.77. The number of esters is 1. The summed E-state index contributed by atoms with van der Waals surface area (Å²) in [6, 6.07) is 16.4. The Morgan fingerprint density at radius 2 is 1.86 bits per heavy atom. The van der Waals surface area contributed by atoms with Gasteiger partial charge in [-0.05, 0) is 37.3 Å². The normalized spacial score (nSPS) is 10.8. The van der Waals surface area contributed by atoms with Crippen LogP contribution < -0.4 is 0 Å². The number of Topliss-reactive ketones (excluding diaryl/α,β-unsaturated/α-hetero) is 1. The average Bonchev–Trinajstić information content (AvgIpc) is 3.16. The topological polar surface area (TPSA) is 84.9 Å². The summed E-state index contributed by atoms with van der Waals surface area (Å²) in [5.41, 5.74) is 4.37. The molecule has 0 spiro atoms. The zero-order valence-electron chi connectivity index (χ0n) is 15.2. The number of carbonyl (C=O) groups excluding carboxylic acids is 2. The molecule has 6 nitrogen and oxygen atoms in total. The van der Waals surface area contributed by atoms with Gasteiger partial charge in [0, 0.05) is 23.5 Å². The van der Waals surface area contributed by atoms with Crippen molar-refractivity contribution in [3.63, 3.8) is 0 Å². The number of rotatable bonds is 5. The fourth-order valence-electron chi connectivity index (χ4n) is 2.81. The Kier molecular flexibility index (Phi) is 4.68. The van der Waals surface area contributed by atoms with Crippen molar-refractivity contribution in [2.24, 2.45) is 0 Å². The van der Waals surface area contributed by atoms with Crippen LogP contribution in [0, 0.1) is 6.92 Å². The third-order valence-corrected chi connectivity index (χ3v) is 4.36. The summed E-state index contributed by atoms with van der Waals surface area (Å²) in [5, 5.41) is 0. The number of carbonyl (C=O) groups is 2. The summed E-state index contributed by atoms with van der Waals surface area (Å²) in [5.74, 6) is -0.136. The number of aryl methyl sites for hydroxylation is 1. The molecule has 4 aromatic rings. The van der Waals surface area contributed by atoms with Crippen LogP contribution in [0.2, 0.25) is 0 Å². The fourth-order valence-corrected chi connectivity index (χ4v) is 2.81. The predicted molar refractivity (Wildman–Crippen MR) is 105 cm³/mol. The van der Waals surface area contributed by atoms with E-state index in [1.165, 1.54) is 11.8 Å². The molecule has 0 bridgehead atoms. The SMILES string of the molecule is Cc1ccc(-c2nc3ccc(C(=O)OCC(=O)c4cccnc4)cc3[nH]2)cc1. The van der Waals surface area contributed by atoms with Gasteiger partial charge in [-0.25, -0.2) is 9.78 Å². The molecule has 2 heterocycles. The van der Waals surface area contributed by atoms with E-state index in [4.69, 9.17) is 4.74 Å². The molecule has 6 heteroatoms. The Balaban J connectivity index is 1.50. The van der Waals surface area contributed by atoms with E-state index in [1.54, 1.807) is 36.5 Å². The molecule has 1 N–H and O–H groups in total. The number of H-pyrrole nitrogens is 1. The number of ketones is 1. The van der Waals surface area contributed by atoms with Crippen LogP contribution in [0.15, 0.2) is 67.0 Å². The van der Waals surface area contributed by atoms with Crippen molar-refractivity contribution < 1.29 is 14.3 Å². The first-order valence-corrected chi connectivity index (χ1v) is 8.77. The van der Waals surface area contributed by atoms with Gasteiger partial charge in [0.05, 0.1) is 16.6 Å². The van der Waals surface area contributed by atoms with Gasteiger partial charge in [0.25, 0.3) is 0 Å². The molecule has 138 valence electrons. The molecule has 0 aliphatic rings. The maximum absolute atomic E-state index is 12.3. The lowest BCUT2D eigenvalue weighted by Crippen LogP contribution is -2.14. The Labute approximate surface area is 161 Å². The third kappa shape index (κ3) is 3.66. The monoisotopic (exact) mass is 371 g/mol. The number of hydrogen-bond donors (Lipinski definition) is 1. The number of aromatic nitrogens is 3. The Hall–Kier alpha value is -3.80. The van der Waals surface area contributed by atoms with E-state index in [9.17, 15) is 9.59 Å². The Bertz CT molecular complexity index is 1150. The van der Waals surface area contributed by atoms with E-state index in [0.29, 0.717) is 11.1 Å².